The van der Waals surface area contributed by atoms with Crippen molar-refractivity contribution < 1.29 is 9.18 Å². The van der Waals surface area contributed by atoms with Gasteiger partial charge in [-0.3, -0.25) is 14.6 Å². The smallest absolute Gasteiger partial charge is 0.263 e. The van der Waals surface area contributed by atoms with Crippen LogP contribution in [0.1, 0.15) is 38.1 Å². The largest absolute Gasteiger partial charge is 0.366 e. The first-order valence-electron chi connectivity index (χ1n) is 9.94. The van der Waals surface area contributed by atoms with Crippen molar-refractivity contribution in [3.05, 3.63) is 46.1 Å². The van der Waals surface area contributed by atoms with Crippen molar-refractivity contribution in [3.63, 3.8) is 0 Å². The van der Waals surface area contributed by atoms with Crippen LogP contribution >= 0.6 is 0 Å². The first-order valence-corrected chi connectivity index (χ1v) is 9.94. The molecule has 1 aromatic carbocycles. The van der Waals surface area contributed by atoms with Crippen molar-refractivity contribution in [2.75, 3.05) is 36.0 Å². The lowest BCUT2D eigenvalue weighted by molar-refractivity contribution is 0.101. The summed E-state index contributed by atoms with van der Waals surface area (Å²) in [5.74, 6) is -0.0751. The number of ketones is 1. The first kappa shape index (κ1) is 20.1. The van der Waals surface area contributed by atoms with Gasteiger partial charge in [0.15, 0.2) is 11.4 Å². The summed E-state index contributed by atoms with van der Waals surface area (Å²) >= 11 is 0. The lowest BCUT2D eigenvalue weighted by Crippen LogP contribution is -2.47. The molecule has 0 bridgehead atoms. The van der Waals surface area contributed by atoms with Crippen LogP contribution in [0.4, 0.5) is 16.0 Å². The molecule has 0 saturated carbocycles. The monoisotopic (exact) mass is 412 g/mol. The van der Waals surface area contributed by atoms with Crippen LogP contribution < -0.4 is 15.4 Å². The van der Waals surface area contributed by atoms with Crippen LogP contribution in [0.15, 0.2) is 29.2 Å². The van der Waals surface area contributed by atoms with Crippen molar-refractivity contribution in [1.29, 1.82) is 0 Å². The Balaban J connectivity index is 1.57. The van der Waals surface area contributed by atoms with Crippen molar-refractivity contribution in [3.8, 4) is 0 Å². The van der Waals surface area contributed by atoms with Gasteiger partial charge in [-0.1, -0.05) is 0 Å². The third kappa shape index (κ3) is 3.55. The third-order valence-electron chi connectivity index (χ3n) is 5.34. The number of anilines is 2. The highest BCUT2D eigenvalue weighted by molar-refractivity contribution is 5.94. The standard InChI is InChI=1S/C21H25FN6O2/c1-13(29)14-5-6-17(16(22)11-14)26-7-9-27(10-8-26)20-24-18-15(19(30)25-20)12-23-28(18)21(2,3)4/h5-6,11-12H,7-10H2,1-4H3,(H,24,25,30). The molecular weight excluding hydrogens is 387 g/mol. The SMILES string of the molecule is CC(=O)c1ccc(N2CCN(c3nc4c(cnn4C(C)(C)C)c(=O)[nH]3)CC2)c(F)c1. The lowest BCUT2D eigenvalue weighted by atomic mass is 10.1. The molecule has 1 saturated heterocycles. The molecule has 1 N–H and O–H groups in total. The van der Waals surface area contributed by atoms with Crippen LogP contribution in [-0.4, -0.2) is 51.7 Å². The van der Waals surface area contributed by atoms with Gasteiger partial charge in [-0.15, -0.1) is 0 Å². The Hall–Kier alpha value is -3.23. The molecule has 0 amide bonds. The predicted octanol–water partition coefficient (Wildman–Crippen LogP) is 2.54. The van der Waals surface area contributed by atoms with E-state index in [2.05, 4.69) is 15.1 Å². The van der Waals surface area contributed by atoms with E-state index in [1.54, 1.807) is 23.0 Å². The van der Waals surface area contributed by atoms with E-state index in [-0.39, 0.29) is 16.9 Å². The zero-order valence-corrected chi connectivity index (χ0v) is 17.6. The molecule has 0 aliphatic carbocycles. The third-order valence-corrected chi connectivity index (χ3v) is 5.34. The summed E-state index contributed by atoms with van der Waals surface area (Å²) in [6.07, 6.45) is 1.54. The molecule has 158 valence electrons. The van der Waals surface area contributed by atoms with Crippen molar-refractivity contribution in [1.82, 2.24) is 19.7 Å². The maximum Gasteiger partial charge on any atom is 0.263 e. The molecule has 30 heavy (non-hydrogen) atoms. The van der Waals surface area contributed by atoms with E-state index in [0.717, 1.165) is 0 Å². The molecular formula is C21H25FN6O2. The van der Waals surface area contributed by atoms with Gasteiger partial charge in [0.05, 0.1) is 17.4 Å². The van der Waals surface area contributed by atoms with E-state index in [4.69, 9.17) is 0 Å². The highest BCUT2D eigenvalue weighted by atomic mass is 19.1. The Morgan fingerprint density at radius 3 is 2.40 bits per heavy atom. The van der Waals surface area contributed by atoms with E-state index < -0.39 is 5.82 Å². The normalized spacial score (nSPS) is 15.1. The molecule has 1 aliphatic rings. The Bertz CT molecular complexity index is 1170. The number of carbonyl (C=O) groups is 1. The molecule has 3 heterocycles. The second kappa shape index (κ2) is 7.23. The fourth-order valence-electron chi connectivity index (χ4n) is 3.69. The Kier molecular flexibility index (Phi) is 4.83. The molecule has 0 unspecified atom stereocenters. The highest BCUT2D eigenvalue weighted by Crippen LogP contribution is 2.24. The van der Waals surface area contributed by atoms with Crippen molar-refractivity contribution in [2.24, 2.45) is 0 Å². The summed E-state index contributed by atoms with van der Waals surface area (Å²) in [6, 6.07) is 4.58. The summed E-state index contributed by atoms with van der Waals surface area (Å²) in [5.41, 5.74) is 0.860. The van der Waals surface area contributed by atoms with Crippen LogP contribution in [0, 0.1) is 5.82 Å². The molecule has 0 spiro atoms. The fraction of sp³-hybridized carbons (Fsp3) is 0.429. The number of H-pyrrole nitrogens is 1. The van der Waals surface area contributed by atoms with Gasteiger partial charge in [-0.25, -0.2) is 9.07 Å². The van der Waals surface area contributed by atoms with E-state index in [9.17, 15) is 14.0 Å². The number of rotatable bonds is 3. The van der Waals surface area contributed by atoms with Gasteiger partial charge in [0, 0.05) is 31.7 Å². The Morgan fingerprint density at radius 2 is 1.80 bits per heavy atom. The highest BCUT2D eigenvalue weighted by Gasteiger charge is 2.24. The van der Waals surface area contributed by atoms with Crippen LogP contribution in [0.5, 0.6) is 0 Å². The molecule has 1 aliphatic heterocycles. The van der Waals surface area contributed by atoms with Gasteiger partial charge in [-0.05, 0) is 45.9 Å². The Labute approximate surface area is 173 Å². The predicted molar refractivity (Wildman–Crippen MR) is 114 cm³/mol. The first-order chi connectivity index (χ1) is 14.1. The maximum absolute atomic E-state index is 14.5. The number of fused-ring (bicyclic) bond motifs is 1. The van der Waals surface area contributed by atoms with Crippen molar-refractivity contribution >= 4 is 28.5 Å². The number of aromatic amines is 1. The number of nitrogens with one attached hydrogen (secondary N) is 1. The quantitative estimate of drug-likeness (QED) is 0.666. The number of hydrogen-bond acceptors (Lipinski definition) is 6. The van der Waals surface area contributed by atoms with Gasteiger partial charge in [0.2, 0.25) is 5.95 Å². The molecule has 3 aromatic rings. The molecule has 0 atom stereocenters. The zero-order chi connectivity index (χ0) is 21.6. The van der Waals surface area contributed by atoms with E-state index in [0.29, 0.717) is 54.4 Å². The average Bonchev–Trinajstić information content (AvgIpc) is 3.13. The van der Waals surface area contributed by atoms with Crippen LogP contribution in [0.25, 0.3) is 11.0 Å². The van der Waals surface area contributed by atoms with Gasteiger partial charge >= 0.3 is 0 Å². The summed E-state index contributed by atoms with van der Waals surface area (Å²) in [7, 11) is 0. The fourth-order valence-corrected chi connectivity index (χ4v) is 3.69. The van der Waals surface area contributed by atoms with Crippen LogP contribution in [0.2, 0.25) is 0 Å². The minimum Gasteiger partial charge on any atom is -0.366 e. The topological polar surface area (TPSA) is 87.1 Å². The molecule has 2 aromatic heterocycles. The summed E-state index contributed by atoms with van der Waals surface area (Å²) < 4.78 is 16.2. The molecule has 1 fully saturated rings. The van der Waals surface area contributed by atoms with Gasteiger partial charge < -0.3 is 9.80 Å². The molecule has 9 heteroatoms. The molecule has 4 rings (SSSR count). The summed E-state index contributed by atoms with van der Waals surface area (Å²) in [6.45, 7) is 9.72. The van der Waals surface area contributed by atoms with Gasteiger partial charge in [0.1, 0.15) is 11.2 Å². The minimum absolute atomic E-state index is 0.162. The molecule has 8 nitrogen and oxygen atoms in total. The van der Waals surface area contributed by atoms with Crippen molar-refractivity contribution in [2.45, 2.75) is 33.2 Å². The maximum atomic E-state index is 14.5. The number of aromatic nitrogens is 4. The van der Waals surface area contributed by atoms with Crippen LogP contribution in [-0.2, 0) is 5.54 Å². The number of carbonyl (C=O) groups excluding carboxylic acids is 1. The second-order valence-electron chi connectivity index (χ2n) is 8.55. The Morgan fingerprint density at radius 1 is 1.13 bits per heavy atom. The average molecular weight is 412 g/mol. The number of hydrogen-bond donors (Lipinski definition) is 1. The zero-order valence-electron chi connectivity index (χ0n) is 17.6. The minimum atomic E-state index is -0.404. The lowest BCUT2D eigenvalue weighted by Gasteiger charge is -2.36. The number of halogens is 1. The number of benzene rings is 1. The van der Waals surface area contributed by atoms with E-state index in [1.807, 2.05) is 30.6 Å². The number of nitrogens with zero attached hydrogens (tertiary/aromatic N) is 5. The van der Waals surface area contributed by atoms with Gasteiger partial charge in [0.25, 0.3) is 5.56 Å². The van der Waals surface area contributed by atoms with E-state index in [1.165, 1.54) is 13.0 Å². The number of Topliss-reactive ketones (excluding diaryl/α,β-unsaturated/α-hetero) is 1. The van der Waals surface area contributed by atoms with E-state index >= 15 is 0 Å². The van der Waals surface area contributed by atoms with Crippen LogP contribution in [0.3, 0.4) is 0 Å². The molecule has 0 radical (unpaired) electrons. The summed E-state index contributed by atoms with van der Waals surface area (Å²) in [4.78, 5) is 35.4. The second-order valence-corrected chi connectivity index (χ2v) is 8.55. The van der Waals surface area contributed by atoms with Gasteiger partial charge in [-0.2, -0.15) is 10.1 Å². The number of piperazine rings is 1. The summed E-state index contributed by atoms with van der Waals surface area (Å²) in [5, 5.41) is 4.79.